The lowest BCUT2D eigenvalue weighted by atomic mass is 10.3. The van der Waals surface area contributed by atoms with E-state index in [9.17, 15) is 9.90 Å². The number of hydrogen-bond acceptors (Lipinski definition) is 2. The number of anilines is 1. The number of phenolic OH excluding ortho intramolecular Hbond substituents is 1. The van der Waals surface area contributed by atoms with E-state index in [4.69, 9.17) is 0 Å². The van der Waals surface area contributed by atoms with Crippen LogP contribution in [0.2, 0.25) is 0 Å². The third kappa shape index (κ3) is 2.72. The first-order valence-electron chi connectivity index (χ1n) is 4.02. The van der Waals surface area contributed by atoms with Gasteiger partial charge in [-0.05, 0) is 44.0 Å². The molecular weight excluding hydrogens is 314 g/mol. The number of benzene rings is 1. The number of nitrogens with one attached hydrogen (secondary N) is 1. The number of amides is 1. The van der Waals surface area contributed by atoms with Gasteiger partial charge in [-0.3, -0.25) is 4.79 Å². The number of halogens is 2. The molecule has 0 heterocycles. The highest BCUT2D eigenvalue weighted by Crippen LogP contribution is 2.35. The molecule has 2 N–H and O–H groups in total. The summed E-state index contributed by atoms with van der Waals surface area (Å²) in [6, 6.07) is 3.29. The quantitative estimate of drug-likeness (QED) is 0.821. The molecule has 0 spiro atoms. The minimum absolute atomic E-state index is 0.0607. The Morgan fingerprint density at radius 3 is 2.36 bits per heavy atom. The van der Waals surface area contributed by atoms with Gasteiger partial charge in [-0.25, -0.2) is 0 Å². The highest BCUT2D eigenvalue weighted by Gasteiger charge is 2.07. The molecule has 0 aliphatic carbocycles. The predicted molar refractivity (Wildman–Crippen MR) is 62.4 cm³/mol. The van der Waals surface area contributed by atoms with Crippen LogP contribution in [0.25, 0.3) is 0 Å². The highest BCUT2D eigenvalue weighted by atomic mass is 79.9. The second-order valence-electron chi connectivity index (χ2n) is 2.69. The summed E-state index contributed by atoms with van der Waals surface area (Å²) in [5.41, 5.74) is 0.647. The molecule has 1 rings (SSSR count). The molecule has 0 fully saturated rings. The van der Waals surface area contributed by atoms with Crippen LogP contribution in [0.15, 0.2) is 21.1 Å². The van der Waals surface area contributed by atoms with E-state index in [1.165, 1.54) is 0 Å². The van der Waals surface area contributed by atoms with Crippen LogP contribution < -0.4 is 5.32 Å². The molecule has 0 radical (unpaired) electrons. The van der Waals surface area contributed by atoms with Gasteiger partial charge in [0.2, 0.25) is 5.91 Å². The molecule has 0 aromatic heterocycles. The second-order valence-corrected chi connectivity index (χ2v) is 4.40. The number of carbonyl (C=O) groups excluding carboxylic acids is 1. The molecule has 1 aromatic rings. The minimum Gasteiger partial charge on any atom is -0.506 e. The first-order chi connectivity index (χ1) is 6.54. The van der Waals surface area contributed by atoms with Gasteiger partial charge < -0.3 is 10.4 Å². The lowest BCUT2D eigenvalue weighted by Gasteiger charge is -2.06. The minimum atomic E-state index is -0.0607. The van der Waals surface area contributed by atoms with Crippen LogP contribution in [0.3, 0.4) is 0 Å². The van der Waals surface area contributed by atoms with Gasteiger partial charge in [-0.15, -0.1) is 0 Å². The van der Waals surface area contributed by atoms with Gasteiger partial charge in [0.1, 0.15) is 5.75 Å². The van der Waals surface area contributed by atoms with Crippen molar-refractivity contribution in [1.29, 1.82) is 0 Å². The lowest BCUT2D eigenvalue weighted by molar-refractivity contribution is -0.115. The van der Waals surface area contributed by atoms with Gasteiger partial charge in [0.15, 0.2) is 0 Å². The molecule has 3 nitrogen and oxygen atoms in total. The van der Waals surface area contributed by atoms with Crippen LogP contribution in [-0.2, 0) is 4.79 Å². The number of aromatic hydroxyl groups is 1. The van der Waals surface area contributed by atoms with Crippen molar-refractivity contribution in [1.82, 2.24) is 0 Å². The molecule has 0 saturated heterocycles. The second kappa shape index (κ2) is 4.79. The average Bonchev–Trinajstić information content (AvgIpc) is 2.14. The number of carbonyl (C=O) groups is 1. The van der Waals surface area contributed by atoms with Gasteiger partial charge in [0.05, 0.1) is 8.95 Å². The van der Waals surface area contributed by atoms with Gasteiger partial charge >= 0.3 is 0 Å². The molecule has 14 heavy (non-hydrogen) atoms. The van der Waals surface area contributed by atoms with Gasteiger partial charge in [-0.1, -0.05) is 6.92 Å². The van der Waals surface area contributed by atoms with E-state index in [0.29, 0.717) is 21.1 Å². The molecule has 0 unspecified atom stereocenters. The zero-order valence-electron chi connectivity index (χ0n) is 7.47. The fraction of sp³-hybridized carbons (Fsp3) is 0.222. The fourth-order valence-electron chi connectivity index (χ4n) is 0.887. The Morgan fingerprint density at radius 1 is 1.43 bits per heavy atom. The first kappa shape index (κ1) is 11.5. The van der Waals surface area contributed by atoms with Crippen LogP contribution in [0.1, 0.15) is 13.3 Å². The summed E-state index contributed by atoms with van der Waals surface area (Å²) in [6.07, 6.45) is 0.427. The molecule has 1 amide bonds. The molecule has 0 atom stereocenters. The third-order valence-electron chi connectivity index (χ3n) is 1.62. The molecular formula is C9H9Br2NO2. The zero-order chi connectivity index (χ0) is 10.7. The van der Waals surface area contributed by atoms with E-state index in [0.717, 1.165) is 0 Å². The predicted octanol–water partition coefficient (Wildman–Crippen LogP) is 3.27. The molecule has 0 saturated carbocycles. The maximum absolute atomic E-state index is 11.1. The molecule has 1 aromatic carbocycles. The van der Waals surface area contributed by atoms with E-state index >= 15 is 0 Å². The van der Waals surface area contributed by atoms with Crippen molar-refractivity contribution in [2.24, 2.45) is 0 Å². The molecule has 5 heteroatoms. The lowest BCUT2D eigenvalue weighted by Crippen LogP contribution is -2.09. The number of hydrogen-bond donors (Lipinski definition) is 2. The summed E-state index contributed by atoms with van der Waals surface area (Å²) in [5.74, 6) is 0.0639. The van der Waals surface area contributed by atoms with Gasteiger partial charge in [0.25, 0.3) is 0 Å². The Kier molecular flexibility index (Phi) is 3.95. The smallest absolute Gasteiger partial charge is 0.224 e. The first-order valence-corrected chi connectivity index (χ1v) is 5.61. The monoisotopic (exact) mass is 321 g/mol. The van der Waals surface area contributed by atoms with E-state index in [-0.39, 0.29) is 11.7 Å². The van der Waals surface area contributed by atoms with E-state index in [1.54, 1.807) is 19.1 Å². The van der Waals surface area contributed by atoms with Crippen molar-refractivity contribution < 1.29 is 9.90 Å². The molecule has 76 valence electrons. The van der Waals surface area contributed by atoms with Crippen LogP contribution in [0, 0.1) is 0 Å². The Labute approximate surface area is 98.8 Å². The van der Waals surface area contributed by atoms with E-state index in [2.05, 4.69) is 37.2 Å². The number of rotatable bonds is 2. The fourth-order valence-corrected chi connectivity index (χ4v) is 2.07. The van der Waals surface area contributed by atoms with E-state index < -0.39 is 0 Å². The summed E-state index contributed by atoms with van der Waals surface area (Å²) in [5, 5.41) is 12.1. The van der Waals surface area contributed by atoms with Crippen molar-refractivity contribution >= 4 is 43.5 Å². The van der Waals surface area contributed by atoms with Crippen molar-refractivity contribution in [2.45, 2.75) is 13.3 Å². The van der Waals surface area contributed by atoms with Crippen LogP contribution in [0.4, 0.5) is 5.69 Å². The Hall–Kier alpha value is -0.550. The van der Waals surface area contributed by atoms with Crippen molar-refractivity contribution in [3.05, 3.63) is 21.1 Å². The van der Waals surface area contributed by atoms with Crippen molar-refractivity contribution in [3.8, 4) is 5.75 Å². The average molecular weight is 323 g/mol. The standard InChI is InChI=1S/C9H9Br2NO2/c1-2-8(13)12-5-3-6(10)9(14)7(11)4-5/h3-4,14H,2H2,1H3,(H,12,13). The summed E-state index contributed by atoms with van der Waals surface area (Å²) in [7, 11) is 0. The molecule has 0 bridgehead atoms. The van der Waals surface area contributed by atoms with Crippen LogP contribution in [-0.4, -0.2) is 11.0 Å². The van der Waals surface area contributed by atoms with Gasteiger partial charge in [-0.2, -0.15) is 0 Å². The maximum Gasteiger partial charge on any atom is 0.224 e. The zero-order valence-corrected chi connectivity index (χ0v) is 10.6. The van der Waals surface area contributed by atoms with E-state index in [1.807, 2.05) is 0 Å². The van der Waals surface area contributed by atoms with Crippen molar-refractivity contribution in [3.63, 3.8) is 0 Å². The Bertz CT molecular complexity index is 343. The maximum atomic E-state index is 11.1. The molecule has 0 aliphatic heterocycles. The van der Waals surface area contributed by atoms with Crippen LogP contribution >= 0.6 is 31.9 Å². The Morgan fingerprint density at radius 2 is 1.93 bits per heavy atom. The SMILES string of the molecule is CCC(=O)Nc1cc(Br)c(O)c(Br)c1. The largest absolute Gasteiger partial charge is 0.506 e. The molecule has 0 aliphatic rings. The summed E-state index contributed by atoms with van der Waals surface area (Å²) >= 11 is 6.35. The van der Waals surface area contributed by atoms with Crippen molar-refractivity contribution in [2.75, 3.05) is 5.32 Å². The summed E-state index contributed by atoms with van der Waals surface area (Å²) in [4.78, 5) is 11.1. The highest BCUT2D eigenvalue weighted by molar-refractivity contribution is 9.11. The topological polar surface area (TPSA) is 49.3 Å². The third-order valence-corrected chi connectivity index (χ3v) is 2.83. The van der Waals surface area contributed by atoms with Gasteiger partial charge in [0, 0.05) is 12.1 Å². The normalized spacial score (nSPS) is 9.93. The summed E-state index contributed by atoms with van der Waals surface area (Å²) in [6.45, 7) is 1.78. The summed E-state index contributed by atoms with van der Waals surface area (Å²) < 4.78 is 1.08. The Balaban J connectivity index is 2.95. The van der Waals surface area contributed by atoms with Crippen LogP contribution in [0.5, 0.6) is 5.75 Å². The number of phenols is 1.